The summed E-state index contributed by atoms with van der Waals surface area (Å²) in [6, 6.07) is 14.0. The number of hydrogen-bond donors (Lipinski definition) is 2. The van der Waals surface area contributed by atoms with E-state index >= 15 is 0 Å². The highest BCUT2D eigenvalue weighted by molar-refractivity contribution is 6.02. The molecule has 1 aromatic carbocycles. The van der Waals surface area contributed by atoms with Crippen molar-refractivity contribution in [3.8, 4) is 0 Å². The monoisotopic (exact) mass is 375 g/mol. The van der Waals surface area contributed by atoms with Crippen LogP contribution in [0.4, 0.5) is 5.69 Å². The SMILES string of the molecule is C=C(Nc1ccccc1)C1=C(NCc2cc(C)nc(C)c2)CC(C)(C)CC1=O. The minimum absolute atomic E-state index is 0.0694. The highest BCUT2D eigenvalue weighted by Crippen LogP contribution is 2.38. The summed E-state index contributed by atoms with van der Waals surface area (Å²) < 4.78 is 0. The maximum Gasteiger partial charge on any atom is 0.167 e. The first-order chi connectivity index (χ1) is 13.2. The molecular weight excluding hydrogens is 346 g/mol. The molecule has 0 unspecified atom stereocenters. The van der Waals surface area contributed by atoms with E-state index in [2.05, 4.69) is 48.2 Å². The Morgan fingerprint density at radius 1 is 1.11 bits per heavy atom. The van der Waals surface area contributed by atoms with Crippen molar-refractivity contribution in [3.63, 3.8) is 0 Å². The minimum atomic E-state index is -0.0694. The molecule has 3 rings (SSSR count). The Bertz CT molecular complexity index is 906. The number of ketones is 1. The molecule has 0 radical (unpaired) electrons. The summed E-state index contributed by atoms with van der Waals surface area (Å²) in [5.41, 5.74) is 6.32. The first-order valence-corrected chi connectivity index (χ1v) is 9.69. The van der Waals surface area contributed by atoms with E-state index in [-0.39, 0.29) is 11.2 Å². The fourth-order valence-corrected chi connectivity index (χ4v) is 3.81. The van der Waals surface area contributed by atoms with Gasteiger partial charge in [-0.1, -0.05) is 38.6 Å². The van der Waals surface area contributed by atoms with E-state index in [1.54, 1.807) is 0 Å². The molecule has 0 atom stereocenters. The lowest BCUT2D eigenvalue weighted by atomic mass is 9.75. The van der Waals surface area contributed by atoms with Crippen LogP contribution < -0.4 is 10.6 Å². The van der Waals surface area contributed by atoms with Gasteiger partial charge in [0.05, 0.1) is 5.57 Å². The van der Waals surface area contributed by atoms with Crippen molar-refractivity contribution >= 4 is 11.5 Å². The Morgan fingerprint density at radius 2 is 1.75 bits per heavy atom. The number of aryl methyl sites for hydroxylation is 2. The summed E-state index contributed by atoms with van der Waals surface area (Å²) in [5, 5.41) is 6.82. The lowest BCUT2D eigenvalue weighted by Crippen LogP contribution is -2.32. The van der Waals surface area contributed by atoms with Crippen LogP contribution in [0.2, 0.25) is 0 Å². The second-order valence-corrected chi connectivity index (χ2v) is 8.38. The van der Waals surface area contributed by atoms with Gasteiger partial charge in [0.15, 0.2) is 5.78 Å². The average Bonchev–Trinajstić information content (AvgIpc) is 2.58. The highest BCUT2D eigenvalue weighted by atomic mass is 16.1. The van der Waals surface area contributed by atoms with Gasteiger partial charge in [-0.05, 0) is 55.5 Å². The van der Waals surface area contributed by atoms with Crippen molar-refractivity contribution in [1.29, 1.82) is 0 Å². The molecule has 1 aliphatic carbocycles. The van der Waals surface area contributed by atoms with Crippen molar-refractivity contribution in [2.45, 2.75) is 47.1 Å². The lowest BCUT2D eigenvalue weighted by molar-refractivity contribution is -0.117. The van der Waals surface area contributed by atoms with Crippen LogP contribution in [0.15, 0.2) is 66.0 Å². The number of carbonyl (C=O) groups excluding carboxylic acids is 1. The molecular formula is C24H29N3O. The number of nitrogens with one attached hydrogen (secondary N) is 2. The van der Waals surface area contributed by atoms with Gasteiger partial charge in [-0.15, -0.1) is 0 Å². The van der Waals surface area contributed by atoms with Crippen LogP contribution in [0.3, 0.4) is 0 Å². The van der Waals surface area contributed by atoms with Crippen molar-refractivity contribution in [1.82, 2.24) is 10.3 Å². The first kappa shape index (κ1) is 19.9. The molecule has 0 saturated heterocycles. The smallest absolute Gasteiger partial charge is 0.167 e. The zero-order chi connectivity index (χ0) is 20.3. The third-order valence-electron chi connectivity index (χ3n) is 4.89. The van der Waals surface area contributed by atoms with E-state index in [0.29, 0.717) is 24.2 Å². The van der Waals surface area contributed by atoms with Crippen molar-refractivity contribution < 1.29 is 4.79 Å². The molecule has 4 heteroatoms. The molecule has 2 aromatic rings. The summed E-state index contributed by atoms with van der Waals surface area (Å²) in [4.78, 5) is 17.4. The van der Waals surface area contributed by atoms with Crippen LogP contribution in [0, 0.1) is 19.3 Å². The van der Waals surface area contributed by atoms with E-state index in [0.717, 1.165) is 34.8 Å². The Morgan fingerprint density at radius 3 is 2.39 bits per heavy atom. The maximum absolute atomic E-state index is 13.0. The zero-order valence-electron chi connectivity index (χ0n) is 17.2. The maximum atomic E-state index is 13.0. The number of nitrogens with zero attached hydrogens (tertiary/aromatic N) is 1. The van der Waals surface area contributed by atoms with Crippen molar-refractivity contribution in [2.75, 3.05) is 5.32 Å². The van der Waals surface area contributed by atoms with Crippen LogP contribution in [0.1, 0.15) is 43.6 Å². The highest BCUT2D eigenvalue weighted by Gasteiger charge is 2.34. The van der Waals surface area contributed by atoms with Gasteiger partial charge < -0.3 is 10.6 Å². The molecule has 28 heavy (non-hydrogen) atoms. The van der Waals surface area contributed by atoms with Crippen LogP contribution in [0.25, 0.3) is 0 Å². The third kappa shape index (κ3) is 4.89. The van der Waals surface area contributed by atoms with Gasteiger partial charge >= 0.3 is 0 Å². The van der Waals surface area contributed by atoms with Crippen molar-refractivity contribution in [3.05, 3.63) is 83.0 Å². The number of benzene rings is 1. The molecule has 0 saturated carbocycles. The zero-order valence-corrected chi connectivity index (χ0v) is 17.2. The molecule has 0 aliphatic heterocycles. The quantitative estimate of drug-likeness (QED) is 0.741. The van der Waals surface area contributed by atoms with Crippen LogP contribution >= 0.6 is 0 Å². The number of carbonyl (C=O) groups is 1. The van der Waals surface area contributed by atoms with Crippen LogP contribution in [-0.2, 0) is 11.3 Å². The Labute approximate surface area is 167 Å². The fourth-order valence-electron chi connectivity index (χ4n) is 3.81. The second kappa shape index (κ2) is 8.01. The lowest BCUT2D eigenvalue weighted by Gasteiger charge is -2.33. The normalized spacial score (nSPS) is 16.1. The molecule has 146 valence electrons. The summed E-state index contributed by atoms with van der Waals surface area (Å²) in [5.74, 6) is 0.134. The van der Waals surface area contributed by atoms with Gasteiger partial charge in [0.1, 0.15) is 0 Å². The van der Waals surface area contributed by atoms with Gasteiger partial charge in [-0.25, -0.2) is 0 Å². The average molecular weight is 376 g/mol. The van der Waals surface area contributed by atoms with E-state index in [1.807, 2.05) is 44.2 Å². The van der Waals surface area contributed by atoms with Gasteiger partial charge in [-0.3, -0.25) is 9.78 Å². The molecule has 0 spiro atoms. The Kier molecular flexibility index (Phi) is 5.68. The molecule has 0 amide bonds. The number of Topliss-reactive ketones (excluding diaryl/α,β-unsaturated/α-hetero) is 1. The van der Waals surface area contributed by atoms with Crippen LogP contribution in [-0.4, -0.2) is 10.8 Å². The van der Waals surface area contributed by atoms with E-state index in [4.69, 9.17) is 0 Å². The first-order valence-electron chi connectivity index (χ1n) is 9.69. The predicted octanol–water partition coefficient (Wildman–Crippen LogP) is 5.06. The van der Waals surface area contributed by atoms with Gasteiger partial charge in [0.25, 0.3) is 0 Å². The Hall–Kier alpha value is -2.88. The molecule has 0 fully saturated rings. The number of aromatic nitrogens is 1. The molecule has 0 bridgehead atoms. The van der Waals surface area contributed by atoms with Gasteiger partial charge in [-0.2, -0.15) is 0 Å². The van der Waals surface area contributed by atoms with Crippen LogP contribution in [0.5, 0.6) is 0 Å². The summed E-state index contributed by atoms with van der Waals surface area (Å²) in [7, 11) is 0. The molecule has 2 N–H and O–H groups in total. The molecule has 1 aromatic heterocycles. The van der Waals surface area contributed by atoms with Gasteiger partial charge in [0, 0.05) is 41.4 Å². The largest absolute Gasteiger partial charge is 0.384 e. The van der Waals surface area contributed by atoms with E-state index < -0.39 is 0 Å². The molecule has 4 nitrogen and oxygen atoms in total. The van der Waals surface area contributed by atoms with E-state index in [9.17, 15) is 4.79 Å². The number of rotatable bonds is 6. The number of allylic oxidation sites excluding steroid dienone is 2. The number of hydrogen-bond acceptors (Lipinski definition) is 4. The number of pyridine rings is 1. The minimum Gasteiger partial charge on any atom is -0.384 e. The van der Waals surface area contributed by atoms with Gasteiger partial charge in [0.2, 0.25) is 0 Å². The summed E-state index contributed by atoms with van der Waals surface area (Å²) in [6.07, 6.45) is 1.34. The third-order valence-corrected chi connectivity index (χ3v) is 4.89. The number of para-hydroxylation sites is 1. The standard InChI is InChI=1S/C24H29N3O/c1-16-11-19(12-17(2)26-16)15-25-21-13-24(4,5)14-22(28)23(21)18(3)27-20-9-7-6-8-10-20/h6-12,25,27H,3,13-15H2,1-2,4-5H3. The summed E-state index contributed by atoms with van der Waals surface area (Å²) in [6.45, 7) is 13.1. The predicted molar refractivity (Wildman–Crippen MR) is 115 cm³/mol. The van der Waals surface area contributed by atoms with Crippen molar-refractivity contribution in [2.24, 2.45) is 5.41 Å². The summed E-state index contributed by atoms with van der Waals surface area (Å²) >= 11 is 0. The fraction of sp³-hybridized carbons (Fsp3) is 0.333. The van der Waals surface area contributed by atoms with E-state index in [1.165, 1.54) is 0 Å². The Balaban J connectivity index is 1.87. The number of anilines is 1. The molecule has 1 heterocycles. The molecule has 1 aliphatic rings. The topological polar surface area (TPSA) is 54.0 Å². The second-order valence-electron chi connectivity index (χ2n) is 8.38.